The summed E-state index contributed by atoms with van der Waals surface area (Å²) in [5, 5.41) is 2.40. The van der Waals surface area contributed by atoms with Crippen LogP contribution in [0.2, 0.25) is 5.02 Å². The second-order valence-electron chi connectivity index (χ2n) is 7.52. The molecule has 0 aliphatic carbocycles. The number of piperidine rings is 1. The van der Waals surface area contributed by atoms with E-state index >= 15 is 0 Å². The Kier molecular flexibility index (Phi) is 6.80. The van der Waals surface area contributed by atoms with Crippen molar-refractivity contribution >= 4 is 52.0 Å². The first-order valence-corrected chi connectivity index (χ1v) is 11.4. The molecule has 2 aromatic rings. The number of hydrogen-bond donors (Lipinski definition) is 1. The molecule has 170 valence electrons. The quantitative estimate of drug-likeness (QED) is 0.650. The van der Waals surface area contributed by atoms with Gasteiger partial charge in [-0.15, -0.1) is 0 Å². The zero-order chi connectivity index (χ0) is 23.5. The smallest absolute Gasteiger partial charge is 0.294 e. The average Bonchev–Trinajstić information content (AvgIpc) is 3.09. The summed E-state index contributed by atoms with van der Waals surface area (Å²) in [5.74, 6) is -1.69. The van der Waals surface area contributed by atoms with Gasteiger partial charge in [-0.3, -0.25) is 24.1 Å². The van der Waals surface area contributed by atoms with Crippen molar-refractivity contribution in [3.8, 4) is 0 Å². The van der Waals surface area contributed by atoms with Crippen molar-refractivity contribution < 1.29 is 23.6 Å². The lowest BCUT2D eigenvalue weighted by Crippen LogP contribution is -2.38. The van der Waals surface area contributed by atoms with Crippen LogP contribution in [0.15, 0.2) is 59.0 Å². The first kappa shape index (κ1) is 23.0. The van der Waals surface area contributed by atoms with Crippen LogP contribution in [0.1, 0.15) is 23.2 Å². The fourth-order valence-electron chi connectivity index (χ4n) is 3.64. The molecule has 0 saturated carbocycles. The van der Waals surface area contributed by atoms with Crippen molar-refractivity contribution in [2.45, 2.75) is 12.8 Å². The lowest BCUT2D eigenvalue weighted by Gasteiger charge is -2.29. The molecule has 0 radical (unpaired) electrons. The van der Waals surface area contributed by atoms with Crippen LogP contribution >= 0.6 is 23.4 Å². The van der Waals surface area contributed by atoms with Gasteiger partial charge in [0.25, 0.3) is 17.1 Å². The molecule has 2 aliphatic heterocycles. The van der Waals surface area contributed by atoms with Gasteiger partial charge < -0.3 is 10.2 Å². The Balaban J connectivity index is 1.38. The van der Waals surface area contributed by atoms with Crippen molar-refractivity contribution in [1.29, 1.82) is 0 Å². The number of likely N-dealkylation sites (tertiary alicyclic amines) is 1. The molecule has 2 saturated heterocycles. The van der Waals surface area contributed by atoms with E-state index in [-0.39, 0.29) is 5.91 Å². The van der Waals surface area contributed by atoms with Gasteiger partial charge in [0.05, 0.1) is 15.5 Å². The maximum absolute atomic E-state index is 13.0. The Labute approximate surface area is 198 Å². The second kappa shape index (κ2) is 9.76. The van der Waals surface area contributed by atoms with Crippen LogP contribution in [-0.4, -0.2) is 52.4 Å². The molecule has 0 aromatic heterocycles. The summed E-state index contributed by atoms with van der Waals surface area (Å²) < 4.78 is 13.0. The Morgan fingerprint density at radius 2 is 1.70 bits per heavy atom. The highest BCUT2D eigenvalue weighted by molar-refractivity contribution is 8.18. The standard InChI is InChI=1S/C23H19ClFN3O4S/c24-18-4-2-1-3-17(18)21(30)27-11-9-14(10-12-27)20-22(31)28(23(32)33-20)13-19(29)26-16-7-5-15(25)6-8-16/h1-8H,9-13H2,(H,26,29). The summed E-state index contributed by atoms with van der Waals surface area (Å²) in [5.41, 5.74) is 1.58. The van der Waals surface area contributed by atoms with Gasteiger partial charge in [0.1, 0.15) is 12.4 Å². The number of halogens is 2. The highest BCUT2D eigenvalue weighted by Gasteiger charge is 2.39. The number of amides is 4. The monoisotopic (exact) mass is 487 g/mol. The van der Waals surface area contributed by atoms with E-state index in [1.165, 1.54) is 24.3 Å². The van der Waals surface area contributed by atoms with Gasteiger partial charge in [0, 0.05) is 18.8 Å². The molecule has 1 N–H and O–H groups in total. The molecule has 4 rings (SSSR count). The van der Waals surface area contributed by atoms with E-state index in [1.54, 1.807) is 29.2 Å². The molecular formula is C23H19ClFN3O4S. The lowest BCUT2D eigenvalue weighted by atomic mass is 10.0. The molecule has 0 atom stereocenters. The second-order valence-corrected chi connectivity index (χ2v) is 8.89. The molecule has 2 aromatic carbocycles. The Hall–Kier alpha value is -3.17. The van der Waals surface area contributed by atoms with Gasteiger partial charge in [-0.2, -0.15) is 0 Å². The van der Waals surface area contributed by atoms with Crippen molar-refractivity contribution in [3.63, 3.8) is 0 Å². The number of benzene rings is 2. The minimum absolute atomic E-state index is 0.176. The third-order valence-electron chi connectivity index (χ3n) is 5.36. The first-order chi connectivity index (χ1) is 15.8. The number of nitrogens with one attached hydrogen (secondary N) is 1. The van der Waals surface area contributed by atoms with Crippen LogP contribution in [0.5, 0.6) is 0 Å². The Morgan fingerprint density at radius 3 is 2.36 bits per heavy atom. The highest BCUT2D eigenvalue weighted by atomic mass is 35.5. The SMILES string of the molecule is O=C(CN1C(=O)SC(=C2CCN(C(=O)c3ccccc3Cl)CC2)C1=O)Nc1ccc(F)cc1. The Morgan fingerprint density at radius 1 is 1.03 bits per heavy atom. The largest absolute Gasteiger partial charge is 0.338 e. The van der Waals surface area contributed by atoms with Crippen molar-refractivity contribution in [1.82, 2.24) is 9.80 Å². The number of carbonyl (C=O) groups is 4. The van der Waals surface area contributed by atoms with Crippen molar-refractivity contribution in [3.05, 3.63) is 75.4 Å². The number of imide groups is 1. The first-order valence-electron chi connectivity index (χ1n) is 10.2. The third-order valence-corrected chi connectivity index (χ3v) is 6.75. The minimum atomic E-state index is -0.560. The van der Waals surface area contributed by atoms with Crippen molar-refractivity contribution in [2.75, 3.05) is 25.0 Å². The fraction of sp³-hybridized carbons (Fsp3) is 0.217. The van der Waals surface area contributed by atoms with Crippen LogP contribution in [0.25, 0.3) is 0 Å². The maximum atomic E-state index is 13.0. The zero-order valence-electron chi connectivity index (χ0n) is 17.3. The number of carbonyl (C=O) groups excluding carboxylic acids is 4. The molecule has 0 spiro atoms. The van der Waals surface area contributed by atoms with Crippen LogP contribution in [-0.2, 0) is 9.59 Å². The summed E-state index contributed by atoms with van der Waals surface area (Å²) >= 11 is 6.93. The van der Waals surface area contributed by atoms with E-state index in [9.17, 15) is 23.6 Å². The van der Waals surface area contributed by atoms with Gasteiger partial charge in [-0.1, -0.05) is 23.7 Å². The highest BCUT2D eigenvalue weighted by Crippen LogP contribution is 2.36. The normalized spacial score (nSPS) is 16.4. The third kappa shape index (κ3) is 5.09. The molecule has 10 heteroatoms. The molecule has 7 nitrogen and oxygen atoms in total. The summed E-state index contributed by atoms with van der Waals surface area (Å²) in [4.78, 5) is 53.1. The molecule has 2 fully saturated rings. The zero-order valence-corrected chi connectivity index (χ0v) is 18.9. The predicted molar refractivity (Wildman–Crippen MR) is 123 cm³/mol. The van der Waals surface area contributed by atoms with E-state index < -0.39 is 29.4 Å². The van der Waals surface area contributed by atoms with E-state index in [0.29, 0.717) is 47.1 Å². The molecule has 0 bridgehead atoms. The molecular weight excluding hydrogens is 469 g/mol. The number of rotatable bonds is 4. The van der Waals surface area contributed by atoms with Gasteiger partial charge in [-0.05, 0) is 66.6 Å². The van der Waals surface area contributed by atoms with E-state index in [2.05, 4.69) is 5.32 Å². The topological polar surface area (TPSA) is 86.8 Å². The average molecular weight is 488 g/mol. The van der Waals surface area contributed by atoms with Crippen LogP contribution in [0.4, 0.5) is 14.9 Å². The number of anilines is 1. The fourth-order valence-corrected chi connectivity index (χ4v) is 4.84. The summed E-state index contributed by atoms with van der Waals surface area (Å²) in [6, 6.07) is 12.0. The number of hydrogen-bond acceptors (Lipinski definition) is 5. The number of thioether (sulfide) groups is 1. The van der Waals surface area contributed by atoms with Gasteiger partial charge in [0.15, 0.2) is 0 Å². The molecule has 2 heterocycles. The minimum Gasteiger partial charge on any atom is -0.338 e. The van der Waals surface area contributed by atoms with E-state index in [4.69, 9.17) is 11.6 Å². The lowest BCUT2D eigenvalue weighted by molar-refractivity contribution is -0.127. The van der Waals surface area contributed by atoms with Gasteiger partial charge >= 0.3 is 0 Å². The number of nitrogens with zero attached hydrogens (tertiary/aromatic N) is 2. The van der Waals surface area contributed by atoms with Crippen LogP contribution in [0.3, 0.4) is 0 Å². The molecule has 2 aliphatic rings. The maximum Gasteiger partial charge on any atom is 0.294 e. The predicted octanol–water partition coefficient (Wildman–Crippen LogP) is 4.30. The van der Waals surface area contributed by atoms with E-state index in [0.717, 1.165) is 22.2 Å². The summed E-state index contributed by atoms with van der Waals surface area (Å²) in [7, 11) is 0. The molecule has 4 amide bonds. The van der Waals surface area contributed by atoms with Crippen LogP contribution < -0.4 is 5.32 Å². The Bertz CT molecular complexity index is 1160. The van der Waals surface area contributed by atoms with Gasteiger partial charge in [0.2, 0.25) is 5.91 Å². The summed E-state index contributed by atoms with van der Waals surface area (Å²) in [6.07, 6.45) is 0.903. The summed E-state index contributed by atoms with van der Waals surface area (Å²) in [6.45, 7) is 0.363. The molecule has 33 heavy (non-hydrogen) atoms. The van der Waals surface area contributed by atoms with Crippen LogP contribution in [0, 0.1) is 5.82 Å². The van der Waals surface area contributed by atoms with Crippen molar-refractivity contribution in [2.24, 2.45) is 0 Å². The van der Waals surface area contributed by atoms with Gasteiger partial charge in [-0.25, -0.2) is 4.39 Å². The molecule has 0 unspecified atom stereocenters. The van der Waals surface area contributed by atoms with E-state index in [1.807, 2.05) is 0 Å².